The van der Waals surface area contributed by atoms with Crippen LogP contribution in [-0.2, 0) is 12.3 Å². The Labute approximate surface area is 127 Å². The van der Waals surface area contributed by atoms with E-state index in [9.17, 15) is 4.39 Å². The van der Waals surface area contributed by atoms with Gasteiger partial charge in [0, 0.05) is 17.2 Å². The van der Waals surface area contributed by atoms with Crippen molar-refractivity contribution < 1.29 is 13.9 Å². The molecule has 110 valence electrons. The predicted molar refractivity (Wildman–Crippen MR) is 81.3 cm³/mol. The van der Waals surface area contributed by atoms with Gasteiger partial charge in [0.1, 0.15) is 19.0 Å². The highest BCUT2D eigenvalue weighted by molar-refractivity contribution is 7.98. The van der Waals surface area contributed by atoms with Crippen LogP contribution >= 0.6 is 11.8 Å². The lowest BCUT2D eigenvalue weighted by Gasteiger charge is -2.18. The van der Waals surface area contributed by atoms with Crippen molar-refractivity contribution in [1.29, 1.82) is 0 Å². The quantitative estimate of drug-likeness (QED) is 0.880. The van der Waals surface area contributed by atoms with Crippen molar-refractivity contribution in [2.75, 3.05) is 13.2 Å². The van der Waals surface area contributed by atoms with Crippen LogP contribution in [0.3, 0.4) is 0 Å². The fourth-order valence-corrected chi connectivity index (χ4v) is 3.05. The molecule has 0 amide bonds. The molecule has 0 aromatic heterocycles. The van der Waals surface area contributed by atoms with E-state index in [0.29, 0.717) is 25.5 Å². The molecule has 0 bridgehead atoms. The second-order valence-corrected chi connectivity index (χ2v) is 5.81. The van der Waals surface area contributed by atoms with Crippen molar-refractivity contribution in [2.24, 2.45) is 5.73 Å². The van der Waals surface area contributed by atoms with Crippen LogP contribution in [0, 0.1) is 5.82 Å². The van der Waals surface area contributed by atoms with E-state index in [1.165, 1.54) is 6.07 Å². The maximum atomic E-state index is 13.5. The maximum absolute atomic E-state index is 13.5. The third-order valence-electron chi connectivity index (χ3n) is 3.17. The maximum Gasteiger partial charge on any atom is 0.162 e. The van der Waals surface area contributed by atoms with Crippen LogP contribution in [-0.4, -0.2) is 13.2 Å². The third kappa shape index (κ3) is 3.49. The first-order valence-electron chi connectivity index (χ1n) is 6.75. The van der Waals surface area contributed by atoms with E-state index in [1.807, 2.05) is 24.3 Å². The Morgan fingerprint density at radius 1 is 1.00 bits per heavy atom. The summed E-state index contributed by atoms with van der Waals surface area (Å²) < 4.78 is 24.5. The third-order valence-corrected chi connectivity index (χ3v) is 4.24. The molecule has 2 aromatic rings. The standard InChI is InChI=1S/C16H16FNO2S/c17-13-6-11(9-18)5-12(7-13)10-21-14-1-2-15-16(8-14)20-4-3-19-15/h1-2,5-8H,3-4,9-10,18H2. The number of hydrogen-bond donors (Lipinski definition) is 1. The number of benzene rings is 2. The van der Waals surface area contributed by atoms with Crippen molar-refractivity contribution in [3.63, 3.8) is 0 Å². The molecule has 1 aliphatic rings. The van der Waals surface area contributed by atoms with E-state index < -0.39 is 0 Å². The normalized spacial score (nSPS) is 13.2. The molecule has 5 heteroatoms. The van der Waals surface area contributed by atoms with Gasteiger partial charge in [0.15, 0.2) is 11.5 Å². The zero-order valence-electron chi connectivity index (χ0n) is 11.5. The molecule has 2 aromatic carbocycles. The first-order chi connectivity index (χ1) is 10.2. The number of thioether (sulfide) groups is 1. The van der Waals surface area contributed by atoms with Crippen LogP contribution < -0.4 is 15.2 Å². The molecular weight excluding hydrogens is 289 g/mol. The summed E-state index contributed by atoms with van der Waals surface area (Å²) in [5.41, 5.74) is 7.31. The lowest BCUT2D eigenvalue weighted by Crippen LogP contribution is -2.15. The van der Waals surface area contributed by atoms with Crippen molar-refractivity contribution >= 4 is 11.8 Å². The fourth-order valence-electron chi connectivity index (χ4n) is 2.20. The molecule has 1 heterocycles. The monoisotopic (exact) mass is 305 g/mol. The van der Waals surface area contributed by atoms with Gasteiger partial charge in [-0.05, 0) is 41.5 Å². The number of rotatable bonds is 4. The molecule has 0 saturated carbocycles. The summed E-state index contributed by atoms with van der Waals surface area (Å²) in [5, 5.41) is 0. The van der Waals surface area contributed by atoms with E-state index in [1.54, 1.807) is 17.8 Å². The van der Waals surface area contributed by atoms with Crippen LogP contribution in [0.1, 0.15) is 11.1 Å². The van der Waals surface area contributed by atoms with E-state index in [2.05, 4.69) is 0 Å². The van der Waals surface area contributed by atoms with E-state index in [0.717, 1.165) is 27.5 Å². The largest absolute Gasteiger partial charge is 0.486 e. The van der Waals surface area contributed by atoms with Crippen molar-refractivity contribution in [1.82, 2.24) is 0 Å². The minimum Gasteiger partial charge on any atom is -0.486 e. The molecule has 1 aliphatic heterocycles. The predicted octanol–water partition coefficient (Wildman–Crippen LogP) is 3.35. The summed E-state index contributed by atoms with van der Waals surface area (Å²) in [7, 11) is 0. The van der Waals surface area contributed by atoms with Gasteiger partial charge in [-0.2, -0.15) is 0 Å². The van der Waals surface area contributed by atoms with Gasteiger partial charge in [0.05, 0.1) is 0 Å². The molecular formula is C16H16FNO2S. The average Bonchev–Trinajstić information content (AvgIpc) is 2.52. The molecule has 0 unspecified atom stereocenters. The first-order valence-corrected chi connectivity index (χ1v) is 7.74. The molecule has 0 atom stereocenters. The SMILES string of the molecule is NCc1cc(F)cc(CSc2ccc3c(c2)OCCO3)c1. The fraction of sp³-hybridized carbons (Fsp3) is 0.250. The van der Waals surface area contributed by atoms with Crippen LogP contribution in [0.4, 0.5) is 4.39 Å². The van der Waals surface area contributed by atoms with Crippen LogP contribution in [0.25, 0.3) is 0 Å². The van der Waals surface area contributed by atoms with Gasteiger partial charge in [-0.25, -0.2) is 4.39 Å². The molecule has 3 nitrogen and oxygen atoms in total. The zero-order chi connectivity index (χ0) is 14.7. The minimum atomic E-state index is -0.240. The molecule has 0 spiro atoms. The highest BCUT2D eigenvalue weighted by Gasteiger charge is 2.12. The summed E-state index contributed by atoms with van der Waals surface area (Å²) in [4.78, 5) is 1.07. The molecule has 0 radical (unpaired) electrons. The topological polar surface area (TPSA) is 44.5 Å². The van der Waals surface area contributed by atoms with Gasteiger partial charge < -0.3 is 15.2 Å². The van der Waals surface area contributed by atoms with Gasteiger partial charge in [0.2, 0.25) is 0 Å². The highest BCUT2D eigenvalue weighted by atomic mass is 32.2. The number of fused-ring (bicyclic) bond motifs is 1. The van der Waals surface area contributed by atoms with Crippen LogP contribution in [0.15, 0.2) is 41.3 Å². The number of ether oxygens (including phenoxy) is 2. The van der Waals surface area contributed by atoms with Crippen molar-refractivity contribution in [3.8, 4) is 11.5 Å². The summed E-state index contributed by atoms with van der Waals surface area (Å²) in [6.07, 6.45) is 0. The summed E-state index contributed by atoms with van der Waals surface area (Å²) >= 11 is 1.63. The lowest BCUT2D eigenvalue weighted by atomic mass is 10.1. The number of hydrogen-bond acceptors (Lipinski definition) is 4. The second-order valence-electron chi connectivity index (χ2n) is 4.77. The van der Waals surface area contributed by atoms with E-state index >= 15 is 0 Å². The summed E-state index contributed by atoms with van der Waals surface area (Å²) in [6.45, 7) is 1.51. The number of halogens is 1. The molecule has 0 aliphatic carbocycles. The van der Waals surface area contributed by atoms with Crippen molar-refractivity contribution in [2.45, 2.75) is 17.2 Å². The Hall–Kier alpha value is -1.72. The van der Waals surface area contributed by atoms with E-state index in [4.69, 9.17) is 15.2 Å². The Balaban J connectivity index is 1.71. The van der Waals surface area contributed by atoms with Gasteiger partial charge in [-0.15, -0.1) is 11.8 Å². The van der Waals surface area contributed by atoms with Crippen LogP contribution in [0.2, 0.25) is 0 Å². The molecule has 3 rings (SSSR count). The Morgan fingerprint density at radius 2 is 1.76 bits per heavy atom. The summed E-state index contributed by atoms with van der Waals surface area (Å²) in [5.74, 6) is 2.00. The Bertz CT molecular complexity index is 648. The highest BCUT2D eigenvalue weighted by Crippen LogP contribution is 2.35. The molecule has 21 heavy (non-hydrogen) atoms. The Kier molecular flexibility index (Phi) is 4.31. The van der Waals surface area contributed by atoms with E-state index in [-0.39, 0.29) is 5.82 Å². The van der Waals surface area contributed by atoms with Gasteiger partial charge >= 0.3 is 0 Å². The van der Waals surface area contributed by atoms with Crippen molar-refractivity contribution in [3.05, 3.63) is 53.3 Å². The lowest BCUT2D eigenvalue weighted by molar-refractivity contribution is 0.171. The van der Waals surface area contributed by atoms with Crippen LogP contribution in [0.5, 0.6) is 11.5 Å². The zero-order valence-corrected chi connectivity index (χ0v) is 12.3. The first kappa shape index (κ1) is 14.2. The average molecular weight is 305 g/mol. The summed E-state index contributed by atoms with van der Waals surface area (Å²) in [6, 6.07) is 10.8. The molecule has 0 saturated heterocycles. The second kappa shape index (κ2) is 6.37. The number of nitrogens with two attached hydrogens (primary N) is 1. The minimum absolute atomic E-state index is 0.240. The van der Waals surface area contributed by atoms with Gasteiger partial charge in [0.25, 0.3) is 0 Å². The smallest absolute Gasteiger partial charge is 0.162 e. The Morgan fingerprint density at radius 3 is 2.57 bits per heavy atom. The van der Waals surface area contributed by atoms with Gasteiger partial charge in [-0.3, -0.25) is 0 Å². The molecule has 2 N–H and O–H groups in total. The van der Waals surface area contributed by atoms with Gasteiger partial charge in [-0.1, -0.05) is 6.07 Å². The molecule has 0 fully saturated rings.